The third-order valence-electron chi connectivity index (χ3n) is 2.59. The molecule has 1 unspecified atom stereocenters. The van der Waals surface area contributed by atoms with Crippen LogP contribution in [0.25, 0.3) is 0 Å². The topological polar surface area (TPSA) is 71.2 Å². The predicted octanol–water partition coefficient (Wildman–Crippen LogP) is 3.23. The van der Waals surface area contributed by atoms with Crippen LogP contribution in [0.4, 0.5) is 11.5 Å². The maximum absolute atomic E-state index is 10.0. The number of nitrogens with zero attached hydrogens (tertiary/aromatic N) is 1. The van der Waals surface area contributed by atoms with Crippen molar-refractivity contribution in [2.45, 2.75) is 6.10 Å². The quantitative estimate of drug-likeness (QED) is 0.746. The molecule has 0 fully saturated rings. The van der Waals surface area contributed by atoms with Crippen LogP contribution in [-0.4, -0.2) is 16.6 Å². The van der Waals surface area contributed by atoms with Crippen molar-refractivity contribution in [3.63, 3.8) is 0 Å². The Balaban J connectivity index is 2.00. The third-order valence-corrected chi connectivity index (χ3v) is 3.40. The first-order chi connectivity index (χ1) is 9.06. The minimum absolute atomic E-state index is 0.344. The summed E-state index contributed by atoms with van der Waals surface area (Å²) in [5.41, 5.74) is 7.07. The van der Waals surface area contributed by atoms with Gasteiger partial charge < -0.3 is 16.2 Å². The number of aliphatic hydroxyl groups excluding tert-OH is 1. The molecule has 0 saturated heterocycles. The maximum Gasteiger partial charge on any atom is 0.140 e. The standard InChI is InChI=1S/C13H13BrClN3O/c14-11-5-9(15)6-17-13(11)18-7-12(19)8-1-3-10(16)4-2-8/h1-6,12,19H,7,16H2,(H,17,18). The summed E-state index contributed by atoms with van der Waals surface area (Å²) < 4.78 is 0.754. The molecule has 2 rings (SSSR count). The monoisotopic (exact) mass is 341 g/mol. The van der Waals surface area contributed by atoms with Crippen molar-refractivity contribution in [3.05, 3.63) is 51.6 Å². The largest absolute Gasteiger partial charge is 0.399 e. The Morgan fingerprint density at radius 3 is 2.68 bits per heavy atom. The molecule has 2 aromatic rings. The molecule has 0 amide bonds. The van der Waals surface area contributed by atoms with Gasteiger partial charge in [-0.3, -0.25) is 0 Å². The number of nitrogens with two attached hydrogens (primary N) is 1. The average molecular weight is 343 g/mol. The Morgan fingerprint density at radius 1 is 1.37 bits per heavy atom. The lowest BCUT2D eigenvalue weighted by molar-refractivity contribution is 0.191. The van der Waals surface area contributed by atoms with Crippen molar-refractivity contribution >= 4 is 39.0 Å². The summed E-state index contributed by atoms with van der Waals surface area (Å²) in [4.78, 5) is 4.14. The Kier molecular flexibility index (Phi) is 4.63. The van der Waals surface area contributed by atoms with Gasteiger partial charge in [0.1, 0.15) is 5.82 Å². The number of hydrogen-bond acceptors (Lipinski definition) is 4. The van der Waals surface area contributed by atoms with Crippen LogP contribution >= 0.6 is 27.5 Å². The van der Waals surface area contributed by atoms with Gasteiger partial charge in [-0.2, -0.15) is 0 Å². The van der Waals surface area contributed by atoms with Crippen LogP contribution in [0, 0.1) is 0 Å². The Labute approximate surface area is 124 Å². The molecule has 0 radical (unpaired) electrons. The second kappa shape index (κ2) is 6.23. The lowest BCUT2D eigenvalue weighted by Crippen LogP contribution is -2.13. The molecule has 0 aliphatic carbocycles. The lowest BCUT2D eigenvalue weighted by Gasteiger charge is -2.13. The van der Waals surface area contributed by atoms with E-state index in [4.69, 9.17) is 17.3 Å². The van der Waals surface area contributed by atoms with Crippen molar-refractivity contribution in [2.24, 2.45) is 0 Å². The van der Waals surface area contributed by atoms with E-state index in [2.05, 4.69) is 26.2 Å². The molecule has 0 bridgehead atoms. The van der Waals surface area contributed by atoms with E-state index in [1.165, 1.54) is 0 Å². The van der Waals surface area contributed by atoms with Gasteiger partial charge in [-0.05, 0) is 39.7 Å². The number of aromatic nitrogens is 1. The first kappa shape index (κ1) is 14.1. The highest BCUT2D eigenvalue weighted by atomic mass is 79.9. The molecule has 0 saturated carbocycles. The molecule has 0 spiro atoms. The van der Waals surface area contributed by atoms with Crippen LogP contribution in [0.1, 0.15) is 11.7 Å². The fourth-order valence-corrected chi connectivity index (χ4v) is 2.35. The minimum Gasteiger partial charge on any atom is -0.399 e. The van der Waals surface area contributed by atoms with Gasteiger partial charge in [0.25, 0.3) is 0 Å². The SMILES string of the molecule is Nc1ccc(C(O)CNc2ncc(Cl)cc2Br)cc1. The van der Waals surface area contributed by atoms with Gasteiger partial charge in [0.05, 0.1) is 15.6 Å². The van der Waals surface area contributed by atoms with Crippen LogP contribution in [-0.2, 0) is 0 Å². The van der Waals surface area contributed by atoms with Gasteiger partial charge in [-0.15, -0.1) is 0 Å². The number of aliphatic hydroxyl groups is 1. The summed E-state index contributed by atoms with van der Waals surface area (Å²) >= 11 is 9.16. The van der Waals surface area contributed by atoms with Crippen LogP contribution < -0.4 is 11.1 Å². The fraction of sp³-hybridized carbons (Fsp3) is 0.154. The van der Waals surface area contributed by atoms with Gasteiger partial charge in [0, 0.05) is 18.4 Å². The maximum atomic E-state index is 10.0. The number of nitrogens with one attached hydrogen (secondary N) is 1. The highest BCUT2D eigenvalue weighted by molar-refractivity contribution is 9.10. The fourth-order valence-electron chi connectivity index (χ4n) is 1.57. The van der Waals surface area contributed by atoms with Crippen molar-refractivity contribution in [3.8, 4) is 0 Å². The van der Waals surface area contributed by atoms with Gasteiger partial charge in [-0.25, -0.2) is 4.98 Å². The van der Waals surface area contributed by atoms with E-state index in [0.717, 1.165) is 10.0 Å². The molecule has 1 aromatic heterocycles. The molecule has 0 aliphatic rings. The van der Waals surface area contributed by atoms with Crippen molar-refractivity contribution in [2.75, 3.05) is 17.6 Å². The number of rotatable bonds is 4. The van der Waals surface area contributed by atoms with E-state index >= 15 is 0 Å². The molecule has 1 aromatic carbocycles. The number of pyridine rings is 1. The van der Waals surface area contributed by atoms with Crippen LogP contribution in [0.5, 0.6) is 0 Å². The number of halogens is 2. The number of benzene rings is 1. The van der Waals surface area contributed by atoms with E-state index in [1.54, 1.807) is 36.5 Å². The molecule has 4 nitrogen and oxygen atoms in total. The van der Waals surface area contributed by atoms with Crippen molar-refractivity contribution < 1.29 is 5.11 Å². The molecule has 19 heavy (non-hydrogen) atoms. The molecular weight excluding hydrogens is 330 g/mol. The number of anilines is 2. The summed E-state index contributed by atoms with van der Waals surface area (Å²) in [6.45, 7) is 0.344. The minimum atomic E-state index is -0.634. The highest BCUT2D eigenvalue weighted by Gasteiger charge is 2.09. The average Bonchev–Trinajstić information content (AvgIpc) is 2.38. The molecule has 6 heteroatoms. The smallest absolute Gasteiger partial charge is 0.140 e. The highest BCUT2D eigenvalue weighted by Crippen LogP contribution is 2.24. The number of nitrogen functional groups attached to an aromatic ring is 1. The van der Waals surface area contributed by atoms with Crippen LogP contribution in [0.2, 0.25) is 5.02 Å². The third kappa shape index (κ3) is 3.83. The zero-order valence-corrected chi connectivity index (χ0v) is 12.3. The van der Waals surface area contributed by atoms with E-state index < -0.39 is 6.10 Å². The first-order valence-corrected chi connectivity index (χ1v) is 6.82. The van der Waals surface area contributed by atoms with Gasteiger partial charge in [0.2, 0.25) is 0 Å². The zero-order valence-electron chi connectivity index (χ0n) is 9.98. The molecule has 0 aliphatic heterocycles. The van der Waals surface area contributed by atoms with Crippen molar-refractivity contribution in [1.29, 1.82) is 0 Å². The molecule has 1 heterocycles. The molecular formula is C13H13BrClN3O. The second-order valence-corrected chi connectivity index (χ2v) is 5.34. The van der Waals surface area contributed by atoms with Crippen LogP contribution in [0.15, 0.2) is 41.0 Å². The Bertz CT molecular complexity index is 562. The van der Waals surface area contributed by atoms with Gasteiger partial charge in [0.15, 0.2) is 0 Å². The predicted molar refractivity (Wildman–Crippen MR) is 81.3 cm³/mol. The van der Waals surface area contributed by atoms with E-state index in [0.29, 0.717) is 23.1 Å². The second-order valence-electron chi connectivity index (χ2n) is 4.05. The van der Waals surface area contributed by atoms with E-state index in [9.17, 15) is 5.11 Å². The number of hydrogen-bond donors (Lipinski definition) is 3. The van der Waals surface area contributed by atoms with Gasteiger partial charge >= 0.3 is 0 Å². The summed E-state index contributed by atoms with van der Waals surface area (Å²) in [5.74, 6) is 0.638. The zero-order chi connectivity index (χ0) is 13.8. The molecule has 1 atom stereocenters. The van der Waals surface area contributed by atoms with Crippen molar-refractivity contribution in [1.82, 2.24) is 4.98 Å². The normalized spacial score (nSPS) is 12.2. The summed E-state index contributed by atoms with van der Waals surface area (Å²) in [6, 6.07) is 8.86. The Morgan fingerprint density at radius 2 is 2.05 bits per heavy atom. The molecule has 100 valence electrons. The lowest BCUT2D eigenvalue weighted by atomic mass is 10.1. The van der Waals surface area contributed by atoms with E-state index in [1.807, 2.05) is 0 Å². The van der Waals surface area contributed by atoms with Gasteiger partial charge in [-0.1, -0.05) is 23.7 Å². The summed E-state index contributed by atoms with van der Waals surface area (Å²) in [6.07, 6.45) is 0.912. The molecule has 4 N–H and O–H groups in total. The first-order valence-electron chi connectivity index (χ1n) is 5.64. The van der Waals surface area contributed by atoms with E-state index in [-0.39, 0.29) is 0 Å². The summed E-state index contributed by atoms with van der Waals surface area (Å²) in [5, 5.41) is 13.7. The van der Waals surface area contributed by atoms with Crippen LogP contribution in [0.3, 0.4) is 0 Å². The Hall–Kier alpha value is -1.30. The summed E-state index contributed by atoms with van der Waals surface area (Å²) in [7, 11) is 0.